The molecule has 1 saturated heterocycles. The van der Waals surface area contributed by atoms with Crippen molar-refractivity contribution in [3.8, 4) is 0 Å². The number of amides is 2. The first-order valence-corrected chi connectivity index (χ1v) is 13.1. The van der Waals surface area contributed by atoms with Crippen molar-refractivity contribution in [2.24, 2.45) is 0 Å². The Hall–Kier alpha value is -2.84. The highest BCUT2D eigenvalue weighted by atomic mass is 35.5. The molecule has 4 rings (SSSR count). The monoisotopic (exact) mass is 543 g/mol. The van der Waals surface area contributed by atoms with Crippen LogP contribution >= 0.6 is 23.2 Å². The number of morpholine rings is 1. The van der Waals surface area contributed by atoms with Gasteiger partial charge in [0.1, 0.15) is 12.3 Å². The molecule has 0 radical (unpaired) electrons. The molecule has 1 aliphatic rings. The molecule has 0 spiro atoms. The molecule has 9 heteroatoms. The van der Waals surface area contributed by atoms with Gasteiger partial charge in [-0.25, -0.2) is 0 Å². The largest absolute Gasteiger partial charge is 0.467 e. The van der Waals surface area contributed by atoms with Gasteiger partial charge in [0.15, 0.2) is 0 Å². The van der Waals surface area contributed by atoms with Crippen LogP contribution in [0, 0.1) is 0 Å². The summed E-state index contributed by atoms with van der Waals surface area (Å²) in [6, 6.07) is 18.2. The maximum absolute atomic E-state index is 13.6. The lowest BCUT2D eigenvalue weighted by Crippen LogP contribution is -2.44. The molecule has 37 heavy (non-hydrogen) atoms. The number of hydrogen-bond donors (Lipinski definition) is 0. The fraction of sp³-hybridized carbons (Fsp3) is 0.357. The van der Waals surface area contributed by atoms with Crippen LogP contribution in [-0.2, 0) is 22.6 Å². The van der Waals surface area contributed by atoms with Crippen LogP contribution in [0.25, 0.3) is 0 Å². The minimum atomic E-state index is -0.258. The van der Waals surface area contributed by atoms with Gasteiger partial charge in [0.2, 0.25) is 5.91 Å². The van der Waals surface area contributed by atoms with Gasteiger partial charge in [-0.3, -0.25) is 14.5 Å². The van der Waals surface area contributed by atoms with Crippen LogP contribution in [0.5, 0.6) is 0 Å². The van der Waals surface area contributed by atoms with Crippen molar-refractivity contribution in [1.82, 2.24) is 14.7 Å². The standard InChI is InChI=1S/C28H31Cl2N3O4/c29-25-10-9-23(18-26(25)30)28(35)32(12-5-11-31-13-16-36-17-14-31)21-27(34)33(20-24-8-4-15-37-24)19-22-6-2-1-3-7-22/h1-4,6-10,15,18H,5,11-14,16-17,19-21H2. The Bertz CT molecular complexity index is 1150. The van der Waals surface area contributed by atoms with Gasteiger partial charge >= 0.3 is 0 Å². The zero-order valence-electron chi connectivity index (χ0n) is 20.7. The van der Waals surface area contributed by atoms with Crippen LogP contribution in [0.15, 0.2) is 71.3 Å². The lowest BCUT2D eigenvalue weighted by molar-refractivity contribution is -0.133. The normalized spacial score (nSPS) is 13.9. The number of rotatable bonds is 11. The van der Waals surface area contributed by atoms with Crippen molar-refractivity contribution in [2.75, 3.05) is 45.9 Å². The van der Waals surface area contributed by atoms with E-state index in [-0.39, 0.29) is 18.4 Å². The van der Waals surface area contributed by atoms with E-state index < -0.39 is 0 Å². The molecule has 1 fully saturated rings. The maximum Gasteiger partial charge on any atom is 0.254 e. The maximum atomic E-state index is 13.6. The van der Waals surface area contributed by atoms with Gasteiger partial charge in [0, 0.05) is 38.3 Å². The number of benzene rings is 2. The molecule has 2 heterocycles. The Morgan fingerprint density at radius 1 is 0.892 bits per heavy atom. The average Bonchev–Trinajstić information content (AvgIpc) is 3.43. The number of carbonyl (C=O) groups is 2. The van der Waals surface area contributed by atoms with Gasteiger partial charge in [-0.15, -0.1) is 0 Å². The SMILES string of the molecule is O=C(CN(CCCN1CCOCC1)C(=O)c1ccc(Cl)c(Cl)c1)N(Cc1ccccc1)Cc1ccco1. The van der Waals surface area contributed by atoms with E-state index in [2.05, 4.69) is 4.90 Å². The number of carbonyl (C=O) groups excluding carboxylic acids is 2. The summed E-state index contributed by atoms with van der Waals surface area (Å²) < 4.78 is 10.9. The Balaban J connectivity index is 1.50. The summed E-state index contributed by atoms with van der Waals surface area (Å²) in [5, 5.41) is 0.677. The highest BCUT2D eigenvalue weighted by molar-refractivity contribution is 6.42. The Morgan fingerprint density at radius 2 is 1.68 bits per heavy atom. The van der Waals surface area contributed by atoms with E-state index in [4.69, 9.17) is 32.4 Å². The molecule has 3 aromatic rings. The molecular formula is C28H31Cl2N3O4. The van der Waals surface area contributed by atoms with E-state index in [1.807, 2.05) is 36.4 Å². The Morgan fingerprint density at radius 3 is 2.38 bits per heavy atom. The molecule has 1 aliphatic heterocycles. The molecule has 0 unspecified atom stereocenters. The van der Waals surface area contributed by atoms with Crippen LogP contribution in [0.1, 0.15) is 28.1 Å². The molecule has 0 aliphatic carbocycles. The summed E-state index contributed by atoms with van der Waals surface area (Å²) in [5.41, 5.74) is 1.39. The topological polar surface area (TPSA) is 66.2 Å². The van der Waals surface area contributed by atoms with Crippen molar-refractivity contribution in [1.29, 1.82) is 0 Å². The molecule has 0 atom stereocenters. The fourth-order valence-electron chi connectivity index (χ4n) is 4.26. The molecule has 1 aromatic heterocycles. The van der Waals surface area contributed by atoms with E-state index in [9.17, 15) is 9.59 Å². The molecular weight excluding hydrogens is 513 g/mol. The van der Waals surface area contributed by atoms with Crippen LogP contribution < -0.4 is 0 Å². The summed E-state index contributed by atoms with van der Waals surface area (Å²) in [5.74, 6) is 0.255. The zero-order chi connectivity index (χ0) is 26.0. The van der Waals surface area contributed by atoms with E-state index in [1.165, 1.54) is 0 Å². The van der Waals surface area contributed by atoms with Crippen molar-refractivity contribution < 1.29 is 18.7 Å². The van der Waals surface area contributed by atoms with Crippen LogP contribution in [0.2, 0.25) is 10.0 Å². The summed E-state index contributed by atoms with van der Waals surface area (Å²) in [4.78, 5) is 32.8. The Kier molecular flexibility index (Phi) is 10.0. The summed E-state index contributed by atoms with van der Waals surface area (Å²) in [6.45, 7) is 5.07. The third-order valence-corrected chi connectivity index (χ3v) is 7.02. The van der Waals surface area contributed by atoms with Crippen molar-refractivity contribution in [3.05, 3.63) is 93.9 Å². The highest BCUT2D eigenvalue weighted by Gasteiger charge is 2.24. The summed E-state index contributed by atoms with van der Waals surface area (Å²) >= 11 is 12.3. The number of hydrogen-bond acceptors (Lipinski definition) is 5. The quantitative estimate of drug-likeness (QED) is 0.341. The first kappa shape index (κ1) is 27.2. The lowest BCUT2D eigenvalue weighted by atomic mass is 10.1. The summed E-state index contributed by atoms with van der Waals surface area (Å²) in [6.07, 6.45) is 2.32. The zero-order valence-corrected chi connectivity index (χ0v) is 22.2. The lowest BCUT2D eigenvalue weighted by Gasteiger charge is -2.30. The van der Waals surface area contributed by atoms with Gasteiger partial charge in [-0.05, 0) is 42.3 Å². The van der Waals surface area contributed by atoms with Gasteiger partial charge in [0.25, 0.3) is 5.91 Å². The molecule has 0 N–H and O–H groups in total. The van der Waals surface area contributed by atoms with Gasteiger partial charge < -0.3 is 19.0 Å². The van der Waals surface area contributed by atoms with Gasteiger partial charge in [0.05, 0.1) is 36.1 Å². The average molecular weight is 544 g/mol. The molecule has 2 aromatic carbocycles. The predicted octanol–water partition coefficient (Wildman–Crippen LogP) is 4.98. The van der Waals surface area contributed by atoms with E-state index >= 15 is 0 Å². The van der Waals surface area contributed by atoms with Gasteiger partial charge in [-0.1, -0.05) is 53.5 Å². The molecule has 196 valence electrons. The number of ether oxygens (including phenoxy) is 1. The molecule has 2 amide bonds. The molecule has 0 saturated carbocycles. The van der Waals surface area contributed by atoms with E-state index in [0.29, 0.717) is 54.2 Å². The van der Waals surface area contributed by atoms with Crippen molar-refractivity contribution >= 4 is 35.0 Å². The Labute approximate surface area is 227 Å². The molecule has 7 nitrogen and oxygen atoms in total. The first-order chi connectivity index (χ1) is 18.0. The van der Waals surface area contributed by atoms with Gasteiger partial charge in [-0.2, -0.15) is 0 Å². The van der Waals surface area contributed by atoms with Crippen LogP contribution in [0.3, 0.4) is 0 Å². The smallest absolute Gasteiger partial charge is 0.254 e. The predicted molar refractivity (Wildman–Crippen MR) is 144 cm³/mol. The highest BCUT2D eigenvalue weighted by Crippen LogP contribution is 2.23. The minimum absolute atomic E-state index is 0.0598. The number of halogens is 2. The number of nitrogens with zero attached hydrogens (tertiary/aromatic N) is 3. The fourth-order valence-corrected chi connectivity index (χ4v) is 4.56. The second-order valence-corrected chi connectivity index (χ2v) is 9.79. The minimum Gasteiger partial charge on any atom is -0.467 e. The van der Waals surface area contributed by atoms with Crippen LogP contribution in [-0.4, -0.2) is 72.5 Å². The first-order valence-electron chi connectivity index (χ1n) is 12.4. The summed E-state index contributed by atoms with van der Waals surface area (Å²) in [7, 11) is 0. The van der Waals surface area contributed by atoms with E-state index in [1.54, 1.807) is 40.3 Å². The van der Waals surface area contributed by atoms with Crippen molar-refractivity contribution in [2.45, 2.75) is 19.5 Å². The molecule has 0 bridgehead atoms. The second kappa shape index (κ2) is 13.6. The third kappa shape index (κ3) is 8.07. The van der Waals surface area contributed by atoms with Crippen LogP contribution in [0.4, 0.5) is 0 Å². The third-order valence-electron chi connectivity index (χ3n) is 6.28. The van der Waals surface area contributed by atoms with Crippen molar-refractivity contribution in [3.63, 3.8) is 0 Å². The number of furan rings is 1. The van der Waals surface area contributed by atoms with E-state index in [0.717, 1.165) is 31.6 Å². The second-order valence-electron chi connectivity index (χ2n) is 8.98.